The van der Waals surface area contributed by atoms with Crippen LogP contribution in [0.2, 0.25) is 0 Å². The Balaban J connectivity index is 4.59. The molecule has 1 unspecified atom stereocenters. The van der Waals surface area contributed by atoms with E-state index < -0.39 is 23.7 Å². The lowest BCUT2D eigenvalue weighted by Gasteiger charge is -2.30. The molecule has 20 heavy (non-hydrogen) atoms. The summed E-state index contributed by atoms with van der Waals surface area (Å²) in [6.45, 7) is 0.563. The summed E-state index contributed by atoms with van der Waals surface area (Å²) in [6, 6.07) is -1.11. The fourth-order valence-corrected chi connectivity index (χ4v) is 1.29. The van der Waals surface area contributed by atoms with Crippen LogP contribution in [-0.4, -0.2) is 59.0 Å². The first-order valence-electron chi connectivity index (χ1n) is 6.00. The van der Waals surface area contributed by atoms with Crippen molar-refractivity contribution in [3.63, 3.8) is 0 Å². The third kappa shape index (κ3) is 4.87. The number of carboxylic acid groups (broad SMARTS) is 1. The number of urea groups is 1. The predicted molar refractivity (Wildman–Crippen MR) is 64.2 cm³/mol. The molecule has 0 fully saturated rings. The van der Waals surface area contributed by atoms with Crippen LogP contribution in [0.3, 0.4) is 0 Å². The SMILES string of the molecule is CN(CCCCCO)C(=O)NC(C)(C(=O)O)C(F)(F)F. The molecule has 9 heteroatoms. The van der Waals surface area contributed by atoms with Crippen LogP contribution in [0.15, 0.2) is 0 Å². The Morgan fingerprint density at radius 2 is 1.75 bits per heavy atom. The van der Waals surface area contributed by atoms with E-state index in [-0.39, 0.29) is 13.2 Å². The van der Waals surface area contributed by atoms with Gasteiger partial charge < -0.3 is 20.4 Å². The summed E-state index contributed by atoms with van der Waals surface area (Å²) >= 11 is 0. The number of amides is 2. The zero-order chi connectivity index (χ0) is 16.0. The molecule has 0 saturated heterocycles. The summed E-state index contributed by atoms with van der Waals surface area (Å²) in [4.78, 5) is 23.3. The van der Waals surface area contributed by atoms with Gasteiger partial charge in [0.05, 0.1) is 0 Å². The zero-order valence-corrected chi connectivity index (χ0v) is 11.3. The average Bonchev–Trinajstić information content (AvgIpc) is 2.32. The Bertz CT molecular complexity index is 349. The molecular formula is C11H19F3N2O4. The molecule has 0 aromatic heterocycles. The van der Waals surface area contributed by atoms with Gasteiger partial charge in [-0.25, -0.2) is 9.59 Å². The van der Waals surface area contributed by atoms with Crippen LogP contribution in [0.5, 0.6) is 0 Å². The van der Waals surface area contributed by atoms with Crippen molar-refractivity contribution in [3.8, 4) is 0 Å². The number of unbranched alkanes of at least 4 members (excludes halogenated alkanes) is 2. The van der Waals surface area contributed by atoms with Crippen molar-refractivity contribution in [2.75, 3.05) is 20.2 Å². The number of rotatable bonds is 7. The second kappa shape index (κ2) is 7.32. The Labute approximate surface area is 114 Å². The number of aliphatic carboxylic acids is 1. The first kappa shape index (κ1) is 18.5. The summed E-state index contributed by atoms with van der Waals surface area (Å²) in [7, 11) is 1.27. The maximum Gasteiger partial charge on any atom is 0.422 e. The highest BCUT2D eigenvalue weighted by molar-refractivity contribution is 5.86. The van der Waals surface area contributed by atoms with Gasteiger partial charge in [-0.2, -0.15) is 13.2 Å². The summed E-state index contributed by atoms with van der Waals surface area (Å²) in [5.74, 6) is -2.17. The Hall–Kier alpha value is -1.51. The van der Waals surface area contributed by atoms with Gasteiger partial charge >= 0.3 is 18.2 Å². The van der Waals surface area contributed by atoms with E-state index in [1.165, 1.54) is 12.4 Å². The maximum atomic E-state index is 12.7. The fraction of sp³-hybridized carbons (Fsp3) is 0.818. The molecule has 0 aliphatic carbocycles. The molecule has 0 aromatic rings. The molecule has 6 nitrogen and oxygen atoms in total. The van der Waals surface area contributed by atoms with Gasteiger partial charge in [-0.1, -0.05) is 0 Å². The molecule has 0 bridgehead atoms. The average molecular weight is 300 g/mol. The van der Waals surface area contributed by atoms with Gasteiger partial charge in [0.1, 0.15) is 0 Å². The van der Waals surface area contributed by atoms with Crippen LogP contribution in [0, 0.1) is 0 Å². The van der Waals surface area contributed by atoms with Gasteiger partial charge in [0, 0.05) is 20.2 Å². The molecule has 0 radical (unpaired) electrons. The number of aliphatic hydroxyl groups excluding tert-OH is 1. The van der Waals surface area contributed by atoms with Gasteiger partial charge in [-0.05, 0) is 26.2 Å². The molecule has 0 aliphatic heterocycles. The van der Waals surface area contributed by atoms with Crippen LogP contribution in [0.25, 0.3) is 0 Å². The van der Waals surface area contributed by atoms with Crippen LogP contribution in [0.4, 0.5) is 18.0 Å². The number of nitrogens with zero attached hydrogens (tertiary/aromatic N) is 1. The van der Waals surface area contributed by atoms with Gasteiger partial charge in [0.25, 0.3) is 0 Å². The van der Waals surface area contributed by atoms with E-state index in [9.17, 15) is 22.8 Å². The van der Waals surface area contributed by atoms with Gasteiger partial charge in [0.2, 0.25) is 5.54 Å². The lowest BCUT2D eigenvalue weighted by Crippen LogP contribution is -2.63. The first-order valence-corrected chi connectivity index (χ1v) is 6.00. The topological polar surface area (TPSA) is 89.9 Å². The Morgan fingerprint density at radius 1 is 1.20 bits per heavy atom. The molecule has 0 rings (SSSR count). The maximum absolute atomic E-state index is 12.7. The van der Waals surface area contributed by atoms with E-state index in [1.54, 1.807) is 0 Å². The van der Waals surface area contributed by atoms with E-state index in [0.717, 1.165) is 4.90 Å². The Morgan fingerprint density at radius 3 is 2.15 bits per heavy atom. The normalized spacial score (nSPS) is 14.5. The monoisotopic (exact) mass is 300 g/mol. The largest absolute Gasteiger partial charge is 0.479 e. The number of hydrogen-bond acceptors (Lipinski definition) is 3. The molecular weight excluding hydrogens is 281 g/mol. The third-order valence-corrected chi connectivity index (χ3v) is 2.85. The van der Waals surface area contributed by atoms with Gasteiger partial charge in [-0.15, -0.1) is 0 Å². The number of carbonyl (C=O) groups is 2. The van der Waals surface area contributed by atoms with Crippen molar-refractivity contribution in [1.29, 1.82) is 0 Å². The fourth-order valence-electron chi connectivity index (χ4n) is 1.29. The molecule has 2 amide bonds. The number of nitrogens with one attached hydrogen (secondary N) is 1. The predicted octanol–water partition coefficient (Wildman–Crippen LogP) is 1.20. The minimum atomic E-state index is -5.10. The molecule has 118 valence electrons. The van der Waals surface area contributed by atoms with Crippen molar-refractivity contribution in [1.82, 2.24) is 10.2 Å². The number of alkyl halides is 3. The quantitative estimate of drug-likeness (QED) is 0.616. The second-order valence-electron chi connectivity index (χ2n) is 4.56. The highest BCUT2D eigenvalue weighted by Gasteiger charge is 2.58. The highest BCUT2D eigenvalue weighted by Crippen LogP contribution is 2.30. The Kier molecular flexibility index (Phi) is 6.77. The molecule has 3 N–H and O–H groups in total. The van der Waals surface area contributed by atoms with Crippen LogP contribution in [-0.2, 0) is 4.79 Å². The molecule has 0 saturated carbocycles. The number of carboxylic acids is 1. The number of halogens is 3. The summed E-state index contributed by atoms with van der Waals surface area (Å²) in [5, 5.41) is 18.7. The molecule has 0 heterocycles. The number of aliphatic hydroxyl groups is 1. The van der Waals surface area contributed by atoms with Crippen LogP contribution in [0.1, 0.15) is 26.2 Å². The van der Waals surface area contributed by atoms with E-state index in [2.05, 4.69) is 0 Å². The molecule has 0 spiro atoms. The summed E-state index contributed by atoms with van der Waals surface area (Å²) in [5.41, 5.74) is -3.33. The number of carbonyl (C=O) groups excluding carboxylic acids is 1. The minimum absolute atomic E-state index is 0.00106. The molecule has 1 atom stereocenters. The van der Waals surface area contributed by atoms with E-state index in [0.29, 0.717) is 26.2 Å². The third-order valence-electron chi connectivity index (χ3n) is 2.85. The smallest absolute Gasteiger partial charge is 0.422 e. The zero-order valence-electron chi connectivity index (χ0n) is 11.3. The lowest BCUT2D eigenvalue weighted by molar-refractivity contribution is -0.203. The van der Waals surface area contributed by atoms with Gasteiger partial charge in [0.15, 0.2) is 0 Å². The van der Waals surface area contributed by atoms with E-state index in [4.69, 9.17) is 10.2 Å². The second-order valence-corrected chi connectivity index (χ2v) is 4.56. The molecule has 0 aliphatic rings. The highest BCUT2D eigenvalue weighted by atomic mass is 19.4. The van der Waals surface area contributed by atoms with Crippen molar-refractivity contribution < 1.29 is 33.0 Å². The summed E-state index contributed by atoms with van der Waals surface area (Å²) < 4.78 is 38.1. The van der Waals surface area contributed by atoms with Crippen molar-refractivity contribution in [3.05, 3.63) is 0 Å². The van der Waals surface area contributed by atoms with Crippen molar-refractivity contribution in [2.45, 2.75) is 37.9 Å². The first-order chi connectivity index (χ1) is 9.06. The number of hydrogen-bond donors (Lipinski definition) is 3. The van der Waals surface area contributed by atoms with Crippen LogP contribution >= 0.6 is 0 Å². The minimum Gasteiger partial charge on any atom is -0.479 e. The standard InChI is InChI=1S/C11H19F3N2O4/c1-10(8(18)19,11(12,13)14)15-9(20)16(2)6-4-3-5-7-17/h17H,3-7H2,1-2H3,(H,15,20)(H,18,19). The van der Waals surface area contributed by atoms with Crippen molar-refractivity contribution >= 4 is 12.0 Å². The lowest BCUT2D eigenvalue weighted by atomic mass is 10.0. The van der Waals surface area contributed by atoms with Crippen LogP contribution < -0.4 is 5.32 Å². The summed E-state index contributed by atoms with van der Waals surface area (Å²) in [6.07, 6.45) is -3.46. The molecule has 0 aromatic carbocycles. The van der Waals surface area contributed by atoms with Crippen molar-refractivity contribution in [2.24, 2.45) is 0 Å². The van der Waals surface area contributed by atoms with E-state index in [1.807, 2.05) is 0 Å². The van der Waals surface area contributed by atoms with E-state index >= 15 is 0 Å². The van der Waals surface area contributed by atoms with Gasteiger partial charge in [-0.3, -0.25) is 0 Å².